The van der Waals surface area contributed by atoms with Crippen LogP contribution in [0.3, 0.4) is 0 Å². The van der Waals surface area contributed by atoms with E-state index in [0.717, 1.165) is 36.4 Å². The maximum Gasteiger partial charge on any atom is 0.237 e. The number of rotatable bonds is 5. The van der Waals surface area contributed by atoms with Gasteiger partial charge in [0.05, 0.1) is 18.3 Å². The first-order valence-corrected chi connectivity index (χ1v) is 12.1. The summed E-state index contributed by atoms with van der Waals surface area (Å²) in [5.74, 6) is 1.52. The van der Waals surface area contributed by atoms with Crippen LogP contribution in [-0.4, -0.2) is 66.1 Å². The number of para-hydroxylation sites is 2. The van der Waals surface area contributed by atoms with Gasteiger partial charge in [0, 0.05) is 12.5 Å². The number of benzene rings is 2. The molecule has 2 aromatic rings. The number of carbonyl (C=O) groups excluding carboxylic acids is 2. The molecule has 3 heterocycles. The second kappa shape index (κ2) is 9.93. The van der Waals surface area contributed by atoms with Crippen molar-refractivity contribution in [2.24, 2.45) is 5.92 Å². The SMILES string of the molecule is O=C(Nc1ccccc1O)C1CCN(CC(=O)N2CCCC2c2ccc3c(c2)OCCO3)CC1. The second-order valence-corrected chi connectivity index (χ2v) is 9.21. The molecule has 3 aliphatic rings. The minimum absolute atomic E-state index is 0.0604. The van der Waals surface area contributed by atoms with E-state index in [1.165, 1.54) is 0 Å². The first kappa shape index (κ1) is 22.5. The minimum atomic E-state index is -0.122. The Morgan fingerprint density at radius 3 is 2.53 bits per heavy atom. The quantitative estimate of drug-likeness (QED) is 0.659. The van der Waals surface area contributed by atoms with Crippen LogP contribution in [-0.2, 0) is 9.59 Å². The number of phenols is 1. The molecule has 0 radical (unpaired) electrons. The number of likely N-dealkylation sites (tertiary alicyclic amines) is 2. The Hall–Kier alpha value is -3.26. The van der Waals surface area contributed by atoms with E-state index in [1.807, 2.05) is 23.1 Å². The predicted molar refractivity (Wildman–Crippen MR) is 127 cm³/mol. The largest absolute Gasteiger partial charge is 0.506 e. The molecule has 2 N–H and O–H groups in total. The van der Waals surface area contributed by atoms with Gasteiger partial charge in [-0.05, 0) is 68.6 Å². The molecule has 2 aromatic carbocycles. The maximum atomic E-state index is 13.2. The van der Waals surface area contributed by atoms with E-state index in [0.29, 0.717) is 51.4 Å². The molecule has 5 rings (SSSR count). The molecule has 0 aliphatic carbocycles. The van der Waals surface area contributed by atoms with E-state index in [2.05, 4.69) is 10.2 Å². The van der Waals surface area contributed by atoms with Crippen LogP contribution < -0.4 is 14.8 Å². The molecule has 8 heteroatoms. The first-order valence-electron chi connectivity index (χ1n) is 12.1. The summed E-state index contributed by atoms with van der Waals surface area (Å²) in [5.41, 5.74) is 1.53. The van der Waals surface area contributed by atoms with Gasteiger partial charge in [0.1, 0.15) is 19.0 Å². The molecule has 0 aromatic heterocycles. The van der Waals surface area contributed by atoms with Crippen molar-refractivity contribution in [1.29, 1.82) is 0 Å². The van der Waals surface area contributed by atoms with E-state index in [-0.39, 0.29) is 29.5 Å². The van der Waals surface area contributed by atoms with Crippen molar-refractivity contribution in [3.05, 3.63) is 48.0 Å². The van der Waals surface area contributed by atoms with E-state index < -0.39 is 0 Å². The summed E-state index contributed by atoms with van der Waals surface area (Å²) >= 11 is 0. The summed E-state index contributed by atoms with van der Waals surface area (Å²) in [5, 5.41) is 12.7. The lowest BCUT2D eigenvalue weighted by Crippen LogP contribution is -2.44. The Morgan fingerprint density at radius 2 is 1.74 bits per heavy atom. The summed E-state index contributed by atoms with van der Waals surface area (Å²) < 4.78 is 11.4. The Kier molecular flexibility index (Phi) is 6.58. The number of nitrogens with zero attached hydrogens (tertiary/aromatic N) is 2. The number of piperidine rings is 1. The maximum absolute atomic E-state index is 13.2. The smallest absolute Gasteiger partial charge is 0.237 e. The third-order valence-corrected chi connectivity index (χ3v) is 7.00. The lowest BCUT2D eigenvalue weighted by atomic mass is 9.95. The summed E-state index contributed by atoms with van der Waals surface area (Å²) in [6.07, 6.45) is 3.32. The highest BCUT2D eigenvalue weighted by molar-refractivity contribution is 5.94. The number of carbonyl (C=O) groups is 2. The van der Waals surface area contributed by atoms with Gasteiger partial charge in [-0.15, -0.1) is 0 Å². The number of aromatic hydroxyl groups is 1. The lowest BCUT2D eigenvalue weighted by molar-refractivity contribution is -0.133. The number of fused-ring (bicyclic) bond motifs is 1. The van der Waals surface area contributed by atoms with Gasteiger partial charge >= 0.3 is 0 Å². The zero-order valence-electron chi connectivity index (χ0n) is 19.2. The average Bonchev–Trinajstić information content (AvgIpc) is 3.36. The van der Waals surface area contributed by atoms with Crippen molar-refractivity contribution in [1.82, 2.24) is 9.80 Å². The van der Waals surface area contributed by atoms with E-state index >= 15 is 0 Å². The summed E-state index contributed by atoms with van der Waals surface area (Å²) in [4.78, 5) is 30.0. The molecular formula is C26H31N3O5. The highest BCUT2D eigenvalue weighted by Crippen LogP contribution is 2.38. The van der Waals surface area contributed by atoms with Gasteiger partial charge in [-0.2, -0.15) is 0 Å². The molecule has 2 saturated heterocycles. The van der Waals surface area contributed by atoms with Crippen molar-refractivity contribution in [2.75, 3.05) is 44.7 Å². The van der Waals surface area contributed by atoms with Gasteiger partial charge in [-0.25, -0.2) is 0 Å². The van der Waals surface area contributed by atoms with Crippen molar-refractivity contribution in [3.8, 4) is 17.2 Å². The molecule has 2 fully saturated rings. The normalized spacial score (nSPS) is 20.8. The van der Waals surface area contributed by atoms with Crippen molar-refractivity contribution in [2.45, 2.75) is 31.7 Å². The molecule has 1 atom stereocenters. The van der Waals surface area contributed by atoms with E-state index in [1.54, 1.807) is 24.3 Å². The van der Waals surface area contributed by atoms with E-state index in [4.69, 9.17) is 9.47 Å². The Balaban J connectivity index is 1.14. The molecule has 1 unspecified atom stereocenters. The van der Waals surface area contributed by atoms with Crippen LogP contribution in [0.25, 0.3) is 0 Å². The van der Waals surface area contributed by atoms with Gasteiger partial charge in [-0.3, -0.25) is 14.5 Å². The monoisotopic (exact) mass is 465 g/mol. The fourth-order valence-corrected chi connectivity index (χ4v) is 5.13. The third kappa shape index (κ3) is 4.82. The van der Waals surface area contributed by atoms with Crippen LogP contribution in [0.2, 0.25) is 0 Å². The van der Waals surface area contributed by atoms with Crippen molar-refractivity contribution >= 4 is 17.5 Å². The number of amides is 2. The highest BCUT2D eigenvalue weighted by atomic mass is 16.6. The van der Waals surface area contributed by atoms with Crippen molar-refractivity contribution in [3.63, 3.8) is 0 Å². The molecule has 8 nitrogen and oxygen atoms in total. The predicted octanol–water partition coefficient (Wildman–Crippen LogP) is 3.18. The van der Waals surface area contributed by atoms with E-state index in [9.17, 15) is 14.7 Å². The van der Waals surface area contributed by atoms with Crippen LogP contribution in [0, 0.1) is 5.92 Å². The Labute approximate surface area is 199 Å². The fraction of sp³-hybridized carbons (Fsp3) is 0.462. The van der Waals surface area contributed by atoms with Gasteiger partial charge < -0.3 is 24.8 Å². The molecule has 3 aliphatic heterocycles. The molecular weight excluding hydrogens is 434 g/mol. The number of hydrogen-bond donors (Lipinski definition) is 2. The number of nitrogens with one attached hydrogen (secondary N) is 1. The molecule has 0 bridgehead atoms. The zero-order valence-corrected chi connectivity index (χ0v) is 19.2. The number of ether oxygens (including phenoxy) is 2. The third-order valence-electron chi connectivity index (χ3n) is 7.00. The number of anilines is 1. The molecule has 180 valence electrons. The summed E-state index contributed by atoms with van der Waals surface area (Å²) in [6, 6.07) is 12.8. The molecule has 2 amide bonds. The fourth-order valence-electron chi connectivity index (χ4n) is 5.13. The summed E-state index contributed by atoms with van der Waals surface area (Å²) in [7, 11) is 0. The van der Waals surface area contributed by atoms with Gasteiger partial charge in [0.25, 0.3) is 0 Å². The van der Waals surface area contributed by atoms with Crippen LogP contribution >= 0.6 is 0 Å². The van der Waals surface area contributed by atoms with Crippen LogP contribution in [0.5, 0.6) is 17.2 Å². The lowest BCUT2D eigenvalue weighted by Gasteiger charge is -2.33. The zero-order chi connectivity index (χ0) is 23.5. The summed E-state index contributed by atoms with van der Waals surface area (Å²) in [6.45, 7) is 3.64. The Morgan fingerprint density at radius 1 is 0.971 bits per heavy atom. The van der Waals surface area contributed by atoms with Crippen molar-refractivity contribution < 1.29 is 24.2 Å². The highest BCUT2D eigenvalue weighted by Gasteiger charge is 2.33. The second-order valence-electron chi connectivity index (χ2n) is 9.21. The topological polar surface area (TPSA) is 91.3 Å². The Bertz CT molecular complexity index is 1050. The minimum Gasteiger partial charge on any atom is -0.506 e. The molecule has 0 saturated carbocycles. The molecule has 34 heavy (non-hydrogen) atoms. The van der Waals surface area contributed by atoms with Crippen LogP contribution in [0.4, 0.5) is 5.69 Å². The van der Waals surface area contributed by atoms with Gasteiger partial charge in [0.15, 0.2) is 11.5 Å². The first-order chi connectivity index (χ1) is 16.6. The van der Waals surface area contributed by atoms with Gasteiger partial charge in [-0.1, -0.05) is 18.2 Å². The van der Waals surface area contributed by atoms with Crippen LogP contribution in [0.15, 0.2) is 42.5 Å². The number of hydrogen-bond acceptors (Lipinski definition) is 6. The molecule has 0 spiro atoms. The van der Waals surface area contributed by atoms with Gasteiger partial charge in [0.2, 0.25) is 11.8 Å². The average molecular weight is 466 g/mol. The standard InChI is InChI=1S/C26H31N3O5/c30-22-6-2-1-4-20(22)27-26(32)18-9-12-28(13-10-18)17-25(31)29-11-3-5-21(29)19-7-8-23-24(16-19)34-15-14-33-23/h1-2,4,6-8,16,18,21,30H,3,5,9-15,17H2,(H,27,32). The van der Waals surface area contributed by atoms with Crippen LogP contribution in [0.1, 0.15) is 37.3 Å². The number of phenolic OH excluding ortho intramolecular Hbond substituents is 1.